The summed E-state index contributed by atoms with van der Waals surface area (Å²) in [5, 5.41) is 3.30. The van der Waals surface area contributed by atoms with Crippen molar-refractivity contribution in [3.05, 3.63) is 29.8 Å². The number of esters is 1. The first-order valence-electron chi connectivity index (χ1n) is 5.61. The Morgan fingerprint density at radius 1 is 1.38 bits per heavy atom. The molecule has 0 unspecified atom stereocenters. The van der Waals surface area contributed by atoms with Gasteiger partial charge in [0.15, 0.2) is 0 Å². The van der Waals surface area contributed by atoms with Crippen LogP contribution in [0.4, 0.5) is 0 Å². The van der Waals surface area contributed by atoms with Crippen LogP contribution < -0.4 is 10.8 Å². The predicted octanol–water partition coefficient (Wildman–Crippen LogP) is -0.0889. The second kappa shape index (κ2) is 4.70. The number of nitrogens with one attached hydrogen (secondary N) is 1. The highest BCUT2D eigenvalue weighted by atomic mass is 16.5. The summed E-state index contributed by atoms with van der Waals surface area (Å²) < 4.78 is 4.74. The zero-order valence-electron chi connectivity index (χ0n) is 9.69. The molecule has 0 saturated carbocycles. The molecule has 84 valence electrons. The van der Waals surface area contributed by atoms with Crippen molar-refractivity contribution in [1.29, 1.82) is 0 Å². The highest BCUT2D eigenvalue weighted by molar-refractivity contribution is 6.32. The summed E-state index contributed by atoms with van der Waals surface area (Å²) in [6.45, 7) is 0. The average Bonchev–Trinajstić information content (AvgIpc) is 2.78. The van der Waals surface area contributed by atoms with Crippen molar-refractivity contribution >= 4 is 19.3 Å². The molecule has 0 bridgehead atoms. The fraction of sp³-hybridized carbons (Fsp3) is 0.417. The minimum atomic E-state index is -0.158. The molecule has 0 aromatic heterocycles. The van der Waals surface area contributed by atoms with E-state index in [9.17, 15) is 4.79 Å². The Balaban J connectivity index is 2.03. The third-order valence-electron chi connectivity index (χ3n) is 3.11. The standard InChI is InChI=1S/C12H16BNO2/c1-16-12(15)11-7-6-10(14-11)8-2-4-9(13)5-3-8/h2-5,10-11,14H,6-7,13H2,1H3/t10-,11+/m1/s1. The Morgan fingerprint density at radius 3 is 2.69 bits per heavy atom. The van der Waals surface area contributed by atoms with Gasteiger partial charge in [-0.3, -0.25) is 10.1 Å². The minimum Gasteiger partial charge on any atom is -0.468 e. The summed E-state index contributed by atoms with van der Waals surface area (Å²) in [5.74, 6) is -0.158. The summed E-state index contributed by atoms with van der Waals surface area (Å²) in [7, 11) is 3.51. The number of carbonyl (C=O) groups excluding carboxylic acids is 1. The lowest BCUT2D eigenvalue weighted by molar-refractivity contribution is -0.142. The number of methoxy groups -OCH3 is 1. The lowest BCUT2D eigenvalue weighted by atomic mass is 9.93. The van der Waals surface area contributed by atoms with Gasteiger partial charge in [-0.25, -0.2) is 0 Å². The van der Waals surface area contributed by atoms with Crippen LogP contribution >= 0.6 is 0 Å². The Bertz CT molecular complexity index is 377. The Morgan fingerprint density at radius 2 is 2.06 bits per heavy atom. The first kappa shape index (κ1) is 11.2. The Hall–Kier alpha value is -1.29. The highest BCUT2D eigenvalue weighted by Crippen LogP contribution is 2.26. The molecule has 3 nitrogen and oxygen atoms in total. The van der Waals surface area contributed by atoms with E-state index < -0.39 is 0 Å². The topological polar surface area (TPSA) is 38.3 Å². The molecule has 0 radical (unpaired) electrons. The summed E-state index contributed by atoms with van der Waals surface area (Å²) >= 11 is 0. The molecule has 0 aliphatic carbocycles. The van der Waals surface area contributed by atoms with Crippen molar-refractivity contribution < 1.29 is 9.53 Å². The average molecular weight is 217 g/mol. The molecule has 1 fully saturated rings. The van der Waals surface area contributed by atoms with Crippen LogP contribution in [0.3, 0.4) is 0 Å². The van der Waals surface area contributed by atoms with E-state index in [4.69, 9.17) is 4.74 Å². The monoisotopic (exact) mass is 217 g/mol. The second-order valence-corrected chi connectivity index (χ2v) is 4.28. The number of rotatable bonds is 2. The van der Waals surface area contributed by atoms with E-state index in [1.54, 1.807) is 0 Å². The van der Waals surface area contributed by atoms with E-state index in [1.807, 2.05) is 0 Å². The molecule has 1 aromatic rings. The lowest BCUT2D eigenvalue weighted by Gasteiger charge is -2.13. The van der Waals surface area contributed by atoms with Crippen molar-refractivity contribution in [2.24, 2.45) is 0 Å². The van der Waals surface area contributed by atoms with Crippen molar-refractivity contribution in [2.45, 2.75) is 24.9 Å². The van der Waals surface area contributed by atoms with Crippen LogP contribution in [0.15, 0.2) is 24.3 Å². The summed E-state index contributed by atoms with van der Waals surface area (Å²) in [4.78, 5) is 11.4. The summed E-state index contributed by atoms with van der Waals surface area (Å²) in [5.41, 5.74) is 2.50. The Kier molecular flexibility index (Phi) is 3.29. The minimum absolute atomic E-state index is 0.142. The van der Waals surface area contributed by atoms with Gasteiger partial charge in [0.05, 0.1) is 7.11 Å². The van der Waals surface area contributed by atoms with Gasteiger partial charge in [0.25, 0.3) is 0 Å². The van der Waals surface area contributed by atoms with E-state index in [-0.39, 0.29) is 18.1 Å². The molecule has 1 N–H and O–H groups in total. The quantitative estimate of drug-likeness (QED) is 0.555. The van der Waals surface area contributed by atoms with Crippen LogP contribution in [0.25, 0.3) is 0 Å². The molecule has 1 aliphatic heterocycles. The van der Waals surface area contributed by atoms with Crippen molar-refractivity contribution in [1.82, 2.24) is 5.32 Å². The van der Waals surface area contributed by atoms with Crippen molar-refractivity contribution in [3.63, 3.8) is 0 Å². The van der Waals surface area contributed by atoms with E-state index in [0.29, 0.717) is 0 Å². The smallest absolute Gasteiger partial charge is 0.322 e. The van der Waals surface area contributed by atoms with E-state index in [1.165, 1.54) is 18.1 Å². The SMILES string of the molecule is Bc1ccc([C@H]2CC[C@@H](C(=O)OC)N2)cc1. The largest absolute Gasteiger partial charge is 0.468 e. The van der Waals surface area contributed by atoms with E-state index >= 15 is 0 Å². The molecule has 2 rings (SSSR count). The maximum atomic E-state index is 11.4. The molecular formula is C12H16BNO2. The van der Waals surface area contributed by atoms with Crippen molar-refractivity contribution in [3.8, 4) is 0 Å². The summed E-state index contributed by atoms with van der Waals surface area (Å²) in [6.07, 6.45) is 1.84. The third kappa shape index (κ3) is 2.27. The first-order valence-corrected chi connectivity index (χ1v) is 5.61. The van der Waals surface area contributed by atoms with Gasteiger partial charge in [0.2, 0.25) is 0 Å². The van der Waals surface area contributed by atoms with Gasteiger partial charge in [0, 0.05) is 6.04 Å². The second-order valence-electron chi connectivity index (χ2n) is 4.28. The number of benzene rings is 1. The fourth-order valence-corrected chi connectivity index (χ4v) is 2.13. The van der Waals surface area contributed by atoms with Gasteiger partial charge in [-0.15, -0.1) is 0 Å². The van der Waals surface area contributed by atoms with Crippen molar-refractivity contribution in [2.75, 3.05) is 7.11 Å². The van der Waals surface area contributed by atoms with Gasteiger partial charge < -0.3 is 4.74 Å². The Labute approximate surface area is 96.6 Å². The highest BCUT2D eigenvalue weighted by Gasteiger charge is 2.30. The van der Waals surface area contributed by atoms with Gasteiger partial charge in [-0.2, -0.15) is 0 Å². The molecule has 0 spiro atoms. The van der Waals surface area contributed by atoms with E-state index in [0.717, 1.165) is 12.8 Å². The molecule has 1 heterocycles. The molecule has 16 heavy (non-hydrogen) atoms. The van der Waals surface area contributed by atoms with Crippen LogP contribution in [0.5, 0.6) is 0 Å². The molecule has 1 aliphatic rings. The zero-order chi connectivity index (χ0) is 11.5. The van der Waals surface area contributed by atoms with Crippen LogP contribution in [0, 0.1) is 0 Å². The van der Waals surface area contributed by atoms with Crippen LogP contribution in [0.2, 0.25) is 0 Å². The van der Waals surface area contributed by atoms with E-state index in [2.05, 4.69) is 37.4 Å². The number of hydrogen-bond acceptors (Lipinski definition) is 3. The summed E-state index contributed by atoms with van der Waals surface area (Å²) in [6, 6.07) is 8.57. The molecule has 2 atom stereocenters. The van der Waals surface area contributed by atoms with Crippen LogP contribution in [-0.2, 0) is 9.53 Å². The van der Waals surface area contributed by atoms with Gasteiger partial charge in [-0.05, 0) is 18.4 Å². The third-order valence-corrected chi connectivity index (χ3v) is 3.11. The molecule has 1 saturated heterocycles. The normalized spacial score (nSPS) is 24.3. The van der Waals surface area contributed by atoms with Gasteiger partial charge >= 0.3 is 5.97 Å². The van der Waals surface area contributed by atoms with Gasteiger partial charge in [-0.1, -0.05) is 29.7 Å². The predicted molar refractivity (Wildman–Crippen MR) is 65.5 cm³/mol. The van der Waals surface area contributed by atoms with Crippen LogP contribution in [-0.4, -0.2) is 27.0 Å². The maximum absolute atomic E-state index is 11.4. The maximum Gasteiger partial charge on any atom is 0.322 e. The fourth-order valence-electron chi connectivity index (χ4n) is 2.13. The molecule has 4 heteroatoms. The number of ether oxygens (including phenoxy) is 1. The molecule has 0 amide bonds. The van der Waals surface area contributed by atoms with Gasteiger partial charge in [0.1, 0.15) is 13.9 Å². The number of carbonyl (C=O) groups is 1. The number of hydrogen-bond donors (Lipinski definition) is 1. The molecule has 1 aromatic carbocycles. The zero-order valence-corrected chi connectivity index (χ0v) is 9.69. The molecular weight excluding hydrogens is 201 g/mol. The van der Waals surface area contributed by atoms with Crippen LogP contribution in [0.1, 0.15) is 24.4 Å². The lowest BCUT2D eigenvalue weighted by Crippen LogP contribution is -2.33. The first-order chi connectivity index (χ1) is 7.70.